The fourth-order valence-electron chi connectivity index (χ4n) is 5.83. The number of ether oxygens (including phenoxy) is 1. The number of amides is 2. The Kier molecular flexibility index (Phi) is 8.56. The van der Waals surface area contributed by atoms with Gasteiger partial charge < -0.3 is 14.5 Å². The molecule has 0 spiro atoms. The first-order valence-electron chi connectivity index (χ1n) is 14.3. The summed E-state index contributed by atoms with van der Waals surface area (Å²) in [4.78, 5) is 32.7. The van der Waals surface area contributed by atoms with E-state index in [1.54, 1.807) is 0 Å². The summed E-state index contributed by atoms with van der Waals surface area (Å²) < 4.78 is 6.64. The van der Waals surface area contributed by atoms with Crippen LogP contribution in [0.2, 0.25) is 0 Å². The van der Waals surface area contributed by atoms with Crippen LogP contribution in [-0.4, -0.2) is 68.4 Å². The maximum atomic E-state index is 13.8. The minimum Gasteiger partial charge on any atom is -0.487 e. The number of carbonyl (C=O) groups excluding carboxylic acids is 2. The van der Waals surface area contributed by atoms with E-state index in [4.69, 9.17) is 4.74 Å². The Bertz CT molecular complexity index is 1210. The highest BCUT2D eigenvalue weighted by atomic mass is 16.5. The van der Waals surface area contributed by atoms with Crippen LogP contribution >= 0.6 is 0 Å². The summed E-state index contributed by atoms with van der Waals surface area (Å²) in [5.41, 5.74) is 2.19. The Morgan fingerprint density at radius 1 is 0.868 bits per heavy atom. The zero-order valence-electron chi connectivity index (χ0n) is 22.4. The lowest BCUT2D eigenvalue weighted by atomic mass is 9.90. The monoisotopic (exact) mass is 517 g/mol. The molecule has 0 unspecified atom stereocenters. The number of fused-ring (bicyclic) bond motifs is 3. The number of nitrogens with zero attached hydrogens (tertiary/aromatic N) is 5. The van der Waals surface area contributed by atoms with Crippen molar-refractivity contribution in [2.75, 3.05) is 19.6 Å². The second kappa shape index (κ2) is 12.4. The van der Waals surface area contributed by atoms with E-state index < -0.39 is 0 Å². The third-order valence-electron chi connectivity index (χ3n) is 7.88. The molecule has 3 aromatic rings. The summed E-state index contributed by atoms with van der Waals surface area (Å²) in [6, 6.07) is 15.2. The first-order chi connectivity index (χ1) is 18.6. The van der Waals surface area contributed by atoms with Gasteiger partial charge in [0.25, 0.3) is 5.91 Å². The summed E-state index contributed by atoms with van der Waals surface area (Å²) in [6.45, 7) is 4.28. The van der Waals surface area contributed by atoms with E-state index in [0.29, 0.717) is 24.4 Å². The van der Waals surface area contributed by atoms with E-state index in [1.165, 1.54) is 4.80 Å². The van der Waals surface area contributed by atoms with Gasteiger partial charge in [0.05, 0.1) is 11.6 Å². The van der Waals surface area contributed by atoms with Gasteiger partial charge in [-0.15, -0.1) is 0 Å². The summed E-state index contributed by atoms with van der Waals surface area (Å²) in [5.74, 6) is 0.668. The van der Waals surface area contributed by atoms with Crippen LogP contribution in [0.15, 0.2) is 48.5 Å². The number of aromatic nitrogens is 3. The van der Waals surface area contributed by atoms with Crippen LogP contribution in [-0.2, 0) is 11.3 Å². The Labute approximate surface area is 224 Å². The van der Waals surface area contributed by atoms with Crippen molar-refractivity contribution in [2.45, 2.75) is 83.4 Å². The molecule has 2 heterocycles. The van der Waals surface area contributed by atoms with Gasteiger partial charge in [-0.05, 0) is 63.3 Å². The molecular weight excluding hydrogens is 478 g/mol. The average Bonchev–Trinajstić information content (AvgIpc) is 3.34. The van der Waals surface area contributed by atoms with Gasteiger partial charge in [0, 0.05) is 19.6 Å². The van der Waals surface area contributed by atoms with Crippen molar-refractivity contribution in [3.8, 4) is 5.75 Å². The molecule has 0 N–H and O–H groups in total. The van der Waals surface area contributed by atoms with E-state index in [9.17, 15) is 9.59 Å². The molecule has 1 fully saturated rings. The molecular formula is C30H39N5O3. The average molecular weight is 518 g/mol. The van der Waals surface area contributed by atoms with Crippen molar-refractivity contribution in [3.63, 3.8) is 0 Å². The van der Waals surface area contributed by atoms with E-state index in [1.807, 2.05) is 65.3 Å². The van der Waals surface area contributed by atoms with E-state index in [-0.39, 0.29) is 30.5 Å². The topological polar surface area (TPSA) is 80.6 Å². The van der Waals surface area contributed by atoms with Crippen LogP contribution < -0.4 is 4.74 Å². The molecule has 2 aromatic carbocycles. The Hall–Kier alpha value is -3.42. The molecule has 1 saturated carbocycles. The zero-order valence-corrected chi connectivity index (χ0v) is 22.4. The fraction of sp³-hybridized carbons (Fsp3) is 0.533. The lowest BCUT2D eigenvalue weighted by molar-refractivity contribution is -0.138. The van der Waals surface area contributed by atoms with Gasteiger partial charge >= 0.3 is 0 Å². The van der Waals surface area contributed by atoms with Crippen LogP contribution in [0.25, 0.3) is 11.0 Å². The molecule has 2 atom stereocenters. The van der Waals surface area contributed by atoms with Crippen molar-refractivity contribution in [1.82, 2.24) is 24.8 Å². The molecule has 8 nitrogen and oxygen atoms in total. The first-order valence-corrected chi connectivity index (χ1v) is 14.3. The molecule has 0 saturated heterocycles. The van der Waals surface area contributed by atoms with Gasteiger partial charge in [0.15, 0.2) is 0 Å². The highest BCUT2D eigenvalue weighted by Gasteiger charge is 2.35. The SMILES string of the molecule is CCN1CCCCCCCN(C(=O)Cn2nc3ccccc3n2)[C@@H]2CCCC[C@@H]2Oc2ccccc2C1=O. The summed E-state index contributed by atoms with van der Waals surface area (Å²) in [7, 11) is 0. The van der Waals surface area contributed by atoms with Crippen LogP contribution in [0.3, 0.4) is 0 Å². The van der Waals surface area contributed by atoms with Crippen molar-refractivity contribution in [1.29, 1.82) is 0 Å². The van der Waals surface area contributed by atoms with Crippen molar-refractivity contribution >= 4 is 22.8 Å². The maximum Gasteiger partial charge on any atom is 0.257 e. The molecule has 5 rings (SSSR count). The van der Waals surface area contributed by atoms with Crippen molar-refractivity contribution in [2.24, 2.45) is 0 Å². The molecule has 38 heavy (non-hydrogen) atoms. The molecule has 0 radical (unpaired) electrons. The smallest absolute Gasteiger partial charge is 0.257 e. The normalized spacial score (nSPS) is 21.7. The molecule has 202 valence electrons. The summed E-state index contributed by atoms with van der Waals surface area (Å²) in [6.07, 6.45) is 8.87. The lowest BCUT2D eigenvalue weighted by Gasteiger charge is -2.40. The number of hydrogen-bond donors (Lipinski definition) is 0. The largest absolute Gasteiger partial charge is 0.487 e. The molecule has 2 amide bonds. The van der Waals surface area contributed by atoms with Gasteiger partial charge in [-0.2, -0.15) is 15.0 Å². The Morgan fingerprint density at radius 3 is 2.29 bits per heavy atom. The van der Waals surface area contributed by atoms with E-state index in [2.05, 4.69) is 10.2 Å². The quantitative estimate of drug-likeness (QED) is 0.484. The Balaban J connectivity index is 1.42. The number of hydrogen-bond acceptors (Lipinski definition) is 5. The Morgan fingerprint density at radius 2 is 1.53 bits per heavy atom. The molecule has 2 aliphatic rings. The predicted molar refractivity (Wildman–Crippen MR) is 147 cm³/mol. The van der Waals surface area contributed by atoms with Gasteiger partial charge in [0.2, 0.25) is 5.91 Å². The van der Waals surface area contributed by atoms with Gasteiger partial charge in [0.1, 0.15) is 29.4 Å². The fourth-order valence-corrected chi connectivity index (χ4v) is 5.83. The number of para-hydroxylation sites is 1. The molecule has 1 aromatic heterocycles. The van der Waals surface area contributed by atoms with E-state index in [0.717, 1.165) is 75.4 Å². The summed E-state index contributed by atoms with van der Waals surface area (Å²) in [5, 5.41) is 9.05. The molecule has 1 aliphatic heterocycles. The highest BCUT2D eigenvalue weighted by molar-refractivity contribution is 5.97. The maximum absolute atomic E-state index is 13.8. The van der Waals surface area contributed by atoms with Gasteiger partial charge in [-0.3, -0.25) is 9.59 Å². The number of benzene rings is 2. The van der Waals surface area contributed by atoms with Crippen molar-refractivity contribution < 1.29 is 14.3 Å². The van der Waals surface area contributed by atoms with Crippen LogP contribution in [0.4, 0.5) is 0 Å². The third-order valence-corrected chi connectivity index (χ3v) is 7.88. The second-order valence-corrected chi connectivity index (χ2v) is 10.5. The summed E-state index contributed by atoms with van der Waals surface area (Å²) >= 11 is 0. The third kappa shape index (κ3) is 6.00. The minimum atomic E-state index is -0.161. The predicted octanol–water partition coefficient (Wildman–Crippen LogP) is 5.08. The number of rotatable bonds is 3. The minimum absolute atomic E-state index is 0.0232. The van der Waals surface area contributed by atoms with Crippen LogP contribution in [0.5, 0.6) is 5.75 Å². The van der Waals surface area contributed by atoms with Crippen LogP contribution in [0, 0.1) is 0 Å². The zero-order chi connectivity index (χ0) is 26.3. The highest BCUT2D eigenvalue weighted by Crippen LogP contribution is 2.31. The molecule has 8 heteroatoms. The first kappa shape index (κ1) is 26.2. The molecule has 1 aliphatic carbocycles. The number of carbonyl (C=O) groups is 2. The lowest BCUT2D eigenvalue weighted by Crippen LogP contribution is -2.52. The van der Waals surface area contributed by atoms with Gasteiger partial charge in [-0.1, -0.05) is 49.9 Å². The van der Waals surface area contributed by atoms with E-state index >= 15 is 0 Å². The molecule has 0 bridgehead atoms. The standard InChI is InChI=1S/C30H39N5O3/c1-2-33-20-12-4-3-5-13-21-34(29(36)22-35-31-24-15-7-8-16-25(24)32-35)26-17-9-11-19-28(26)38-27-18-10-6-14-23(27)30(33)37/h6-8,10,14-16,18,26,28H,2-5,9,11-13,17,19-22H2,1H3/t26-,28+/m1/s1. The van der Waals surface area contributed by atoms with Crippen molar-refractivity contribution in [3.05, 3.63) is 54.1 Å². The van der Waals surface area contributed by atoms with Crippen LogP contribution in [0.1, 0.15) is 75.1 Å². The second-order valence-electron chi connectivity index (χ2n) is 10.5. The van der Waals surface area contributed by atoms with Gasteiger partial charge in [-0.25, -0.2) is 0 Å².